The largest absolute Gasteiger partial charge is 0.300 e. The Balaban J connectivity index is 0.00000130. The van der Waals surface area contributed by atoms with Gasteiger partial charge in [-0.05, 0) is 92.2 Å². The summed E-state index contributed by atoms with van der Waals surface area (Å²) < 4.78 is 0. The van der Waals surface area contributed by atoms with Gasteiger partial charge < -0.3 is 0 Å². The summed E-state index contributed by atoms with van der Waals surface area (Å²) in [6.45, 7) is 6.21. The van der Waals surface area contributed by atoms with Crippen molar-refractivity contribution >= 4 is 5.71 Å². The highest BCUT2D eigenvalue weighted by Gasteiger charge is 2.43. The molecule has 2 nitrogen and oxygen atoms in total. The van der Waals surface area contributed by atoms with Crippen LogP contribution < -0.4 is 0 Å². The molecular formula is C34H48N2. The lowest BCUT2D eigenvalue weighted by Gasteiger charge is -2.46. The van der Waals surface area contributed by atoms with Gasteiger partial charge in [-0.2, -0.15) is 0 Å². The predicted molar refractivity (Wildman–Crippen MR) is 153 cm³/mol. The van der Waals surface area contributed by atoms with Crippen LogP contribution in [0.3, 0.4) is 0 Å². The minimum Gasteiger partial charge on any atom is -0.300 e. The van der Waals surface area contributed by atoms with Crippen LogP contribution in [-0.4, -0.2) is 10.7 Å². The van der Waals surface area contributed by atoms with Gasteiger partial charge in [-0.15, -0.1) is 0 Å². The van der Waals surface area contributed by atoms with Gasteiger partial charge in [0.05, 0.1) is 11.4 Å². The van der Waals surface area contributed by atoms with Crippen LogP contribution in [0.4, 0.5) is 0 Å². The average molecular weight is 485 g/mol. The first-order chi connectivity index (χ1) is 17.7. The van der Waals surface area contributed by atoms with Crippen molar-refractivity contribution in [3.63, 3.8) is 0 Å². The molecule has 2 aromatic rings. The fourth-order valence-electron chi connectivity index (χ4n) is 7.73. The van der Waals surface area contributed by atoms with E-state index in [9.17, 15) is 5.41 Å². The Morgan fingerprint density at radius 2 is 1.50 bits per heavy atom. The smallest absolute Gasteiger partial charge is 0.0705 e. The second-order valence-corrected chi connectivity index (χ2v) is 12.0. The van der Waals surface area contributed by atoms with Crippen LogP contribution in [0.1, 0.15) is 155 Å². The quantitative estimate of drug-likeness (QED) is 0.421. The van der Waals surface area contributed by atoms with Gasteiger partial charge in [0.1, 0.15) is 0 Å². The Morgan fingerprint density at radius 1 is 0.861 bits per heavy atom. The van der Waals surface area contributed by atoms with E-state index in [2.05, 4.69) is 31.2 Å². The number of pyridine rings is 1. The zero-order valence-electron chi connectivity index (χ0n) is 23.2. The first-order valence-corrected chi connectivity index (χ1v) is 15.4. The maximum absolute atomic E-state index is 9.57. The molecule has 2 heteroatoms. The Labute approximate surface area is 220 Å². The highest BCUT2D eigenvalue weighted by molar-refractivity contribution is 6.13. The molecule has 36 heavy (non-hydrogen) atoms. The normalized spacial score (nSPS) is 21.4. The number of hydrogen-bond donors (Lipinski definition) is 1. The molecular weight excluding hydrogens is 436 g/mol. The fraction of sp³-hybridized carbons (Fsp3) is 0.647. The van der Waals surface area contributed by atoms with Crippen molar-refractivity contribution in [1.82, 2.24) is 4.98 Å². The van der Waals surface area contributed by atoms with Crippen LogP contribution in [0, 0.1) is 10.8 Å². The molecule has 3 saturated carbocycles. The van der Waals surface area contributed by atoms with Crippen molar-refractivity contribution in [1.29, 1.82) is 5.41 Å². The third-order valence-electron chi connectivity index (χ3n) is 9.97. The molecule has 1 spiro atoms. The molecule has 1 aromatic heterocycles. The highest BCUT2D eigenvalue weighted by Crippen LogP contribution is 2.53. The Hall–Kier alpha value is -1.96. The van der Waals surface area contributed by atoms with Crippen LogP contribution in [0.25, 0.3) is 0 Å². The third kappa shape index (κ3) is 4.82. The molecule has 3 fully saturated rings. The molecule has 0 radical (unpaired) electrons. The summed E-state index contributed by atoms with van der Waals surface area (Å²) in [4.78, 5) is 5.57. The maximum Gasteiger partial charge on any atom is 0.0705 e. The molecule has 0 amide bonds. The standard InChI is InChI=1S/C32H42N2.C2H6/c1-2-22-13-15-24(16-14-22)30(33)29-28(23-9-4-3-5-10-23)26-17-20-32(18-8-19-32)21-27(26)34-31(29)25-11-6-7-12-25;1-2/h13-16,23,25,33H,2-12,17-21H2,1H3;1-2H3. The number of nitrogens with one attached hydrogen (secondary N) is 1. The zero-order valence-corrected chi connectivity index (χ0v) is 23.2. The highest BCUT2D eigenvalue weighted by atomic mass is 14.8. The van der Waals surface area contributed by atoms with Crippen LogP contribution >= 0.6 is 0 Å². The molecule has 4 aliphatic carbocycles. The van der Waals surface area contributed by atoms with Crippen molar-refractivity contribution in [3.8, 4) is 0 Å². The summed E-state index contributed by atoms with van der Waals surface area (Å²) in [5, 5.41) is 9.57. The van der Waals surface area contributed by atoms with E-state index in [1.54, 1.807) is 11.1 Å². The van der Waals surface area contributed by atoms with E-state index < -0.39 is 0 Å². The molecule has 1 N–H and O–H groups in total. The minimum atomic E-state index is 0.553. The van der Waals surface area contributed by atoms with Gasteiger partial charge in [0.15, 0.2) is 0 Å². The Morgan fingerprint density at radius 3 is 2.11 bits per heavy atom. The van der Waals surface area contributed by atoms with Crippen molar-refractivity contribution in [2.75, 3.05) is 0 Å². The summed E-state index contributed by atoms with van der Waals surface area (Å²) in [6, 6.07) is 8.86. The van der Waals surface area contributed by atoms with E-state index in [-0.39, 0.29) is 0 Å². The van der Waals surface area contributed by atoms with Crippen molar-refractivity contribution < 1.29 is 0 Å². The van der Waals surface area contributed by atoms with Gasteiger partial charge in [-0.1, -0.05) is 83.6 Å². The first-order valence-electron chi connectivity index (χ1n) is 15.4. The van der Waals surface area contributed by atoms with Crippen LogP contribution in [0.5, 0.6) is 0 Å². The molecule has 6 rings (SSSR count). The van der Waals surface area contributed by atoms with Crippen molar-refractivity contribution in [2.45, 2.75) is 135 Å². The molecule has 194 valence electrons. The average Bonchev–Trinajstić information content (AvgIpc) is 3.47. The number of fused-ring (bicyclic) bond motifs is 1. The minimum absolute atomic E-state index is 0.553. The molecule has 1 heterocycles. The van der Waals surface area contributed by atoms with E-state index in [0.717, 1.165) is 17.7 Å². The van der Waals surface area contributed by atoms with Gasteiger partial charge in [-0.25, -0.2) is 0 Å². The lowest BCUT2D eigenvalue weighted by Crippen LogP contribution is -2.37. The monoisotopic (exact) mass is 484 g/mol. The van der Waals surface area contributed by atoms with E-state index in [1.807, 2.05) is 13.8 Å². The molecule has 0 bridgehead atoms. The van der Waals surface area contributed by atoms with E-state index >= 15 is 0 Å². The molecule has 1 aromatic carbocycles. The number of benzene rings is 1. The number of aryl methyl sites for hydroxylation is 1. The number of hydrogen-bond acceptors (Lipinski definition) is 2. The Bertz CT molecular complexity index is 1050. The maximum atomic E-state index is 9.57. The lowest BCUT2D eigenvalue weighted by molar-refractivity contribution is 0.109. The van der Waals surface area contributed by atoms with E-state index in [0.29, 0.717) is 17.3 Å². The van der Waals surface area contributed by atoms with Gasteiger partial charge in [0, 0.05) is 22.7 Å². The van der Waals surface area contributed by atoms with Gasteiger partial charge in [0.2, 0.25) is 0 Å². The molecule has 0 saturated heterocycles. The molecule has 4 aliphatic rings. The summed E-state index contributed by atoms with van der Waals surface area (Å²) in [7, 11) is 0. The summed E-state index contributed by atoms with van der Waals surface area (Å²) in [5.74, 6) is 1.18. The number of aromatic nitrogens is 1. The van der Waals surface area contributed by atoms with Gasteiger partial charge >= 0.3 is 0 Å². The fourth-order valence-corrected chi connectivity index (χ4v) is 7.73. The van der Waals surface area contributed by atoms with Crippen LogP contribution in [0.2, 0.25) is 0 Å². The molecule has 0 unspecified atom stereocenters. The molecule has 0 aliphatic heterocycles. The van der Waals surface area contributed by atoms with Gasteiger partial charge in [0.25, 0.3) is 0 Å². The summed E-state index contributed by atoms with van der Waals surface area (Å²) in [6.07, 6.45) is 20.9. The van der Waals surface area contributed by atoms with E-state index in [1.165, 1.54) is 119 Å². The van der Waals surface area contributed by atoms with Gasteiger partial charge in [-0.3, -0.25) is 10.4 Å². The SMILES string of the molecule is CC.CCc1ccc(C(=N)c2c(C3CCCC3)nc3c(c2C2CCCCC2)CCC2(CCC2)C3)cc1. The Kier molecular flexibility index (Phi) is 7.99. The zero-order chi connectivity index (χ0) is 25.1. The topological polar surface area (TPSA) is 36.7 Å². The second-order valence-electron chi connectivity index (χ2n) is 12.0. The number of rotatable bonds is 5. The molecule has 0 atom stereocenters. The lowest BCUT2D eigenvalue weighted by atomic mass is 9.59. The first kappa shape index (κ1) is 25.7. The van der Waals surface area contributed by atoms with Crippen molar-refractivity contribution in [3.05, 3.63) is 63.5 Å². The van der Waals surface area contributed by atoms with E-state index in [4.69, 9.17) is 4.98 Å². The number of nitrogens with zero attached hydrogens (tertiary/aromatic N) is 1. The second kappa shape index (κ2) is 11.2. The predicted octanol–water partition coefficient (Wildman–Crippen LogP) is 9.45. The summed E-state index contributed by atoms with van der Waals surface area (Å²) >= 11 is 0. The van der Waals surface area contributed by atoms with Crippen LogP contribution in [-0.2, 0) is 19.3 Å². The van der Waals surface area contributed by atoms with Crippen molar-refractivity contribution in [2.24, 2.45) is 5.41 Å². The van der Waals surface area contributed by atoms with Crippen LogP contribution in [0.15, 0.2) is 24.3 Å². The third-order valence-corrected chi connectivity index (χ3v) is 9.97. The summed E-state index contributed by atoms with van der Waals surface area (Å²) in [5.41, 5.74) is 11.0.